The summed E-state index contributed by atoms with van der Waals surface area (Å²) in [5.74, 6) is 0.641. The first-order valence-corrected chi connectivity index (χ1v) is 10.1. The predicted octanol–water partition coefficient (Wildman–Crippen LogP) is 4.30. The Kier molecular flexibility index (Phi) is 6.25. The molecule has 0 radical (unpaired) electrons. The molecular formula is C20H27NO3S. The fraction of sp³-hybridized carbons (Fsp3) is 0.400. The van der Waals surface area contributed by atoms with Gasteiger partial charge in [-0.15, -0.1) is 0 Å². The second-order valence-electron chi connectivity index (χ2n) is 6.55. The third-order valence-electron chi connectivity index (χ3n) is 4.13. The molecule has 136 valence electrons. The molecule has 2 rings (SSSR count). The SMILES string of the molecule is CCOc1cc(C)c(C(C)C)cc1S(=O)(=O)NCc1ccc(C)cc1. The zero-order chi connectivity index (χ0) is 18.6. The summed E-state index contributed by atoms with van der Waals surface area (Å²) in [6, 6.07) is 11.4. The molecule has 0 bridgehead atoms. The number of nitrogens with one attached hydrogen (secondary N) is 1. The Morgan fingerprint density at radius 2 is 1.72 bits per heavy atom. The van der Waals surface area contributed by atoms with Gasteiger partial charge in [-0.1, -0.05) is 43.7 Å². The Morgan fingerprint density at radius 1 is 1.08 bits per heavy atom. The molecule has 0 spiro atoms. The fourth-order valence-corrected chi connectivity index (χ4v) is 3.92. The second kappa shape index (κ2) is 8.02. The third kappa shape index (κ3) is 4.83. The van der Waals surface area contributed by atoms with Gasteiger partial charge < -0.3 is 4.74 Å². The van der Waals surface area contributed by atoms with Gasteiger partial charge in [0.25, 0.3) is 0 Å². The topological polar surface area (TPSA) is 55.4 Å². The molecule has 0 atom stereocenters. The van der Waals surface area contributed by atoms with E-state index in [-0.39, 0.29) is 17.4 Å². The van der Waals surface area contributed by atoms with Crippen molar-refractivity contribution in [1.82, 2.24) is 4.72 Å². The first kappa shape index (κ1) is 19.5. The largest absolute Gasteiger partial charge is 0.492 e. The molecule has 0 saturated heterocycles. The molecule has 0 unspecified atom stereocenters. The summed E-state index contributed by atoms with van der Waals surface area (Å²) in [6.45, 7) is 10.6. The van der Waals surface area contributed by atoms with Crippen LogP contribution in [0.25, 0.3) is 0 Å². The Balaban J connectivity index is 2.35. The van der Waals surface area contributed by atoms with E-state index in [1.165, 1.54) is 0 Å². The van der Waals surface area contributed by atoms with Gasteiger partial charge in [-0.25, -0.2) is 13.1 Å². The molecular weight excluding hydrogens is 334 g/mol. The summed E-state index contributed by atoms with van der Waals surface area (Å²) < 4.78 is 34.0. The maximum absolute atomic E-state index is 12.9. The van der Waals surface area contributed by atoms with E-state index in [9.17, 15) is 8.42 Å². The van der Waals surface area contributed by atoms with Crippen LogP contribution in [-0.4, -0.2) is 15.0 Å². The van der Waals surface area contributed by atoms with E-state index in [1.54, 1.807) is 6.07 Å². The highest BCUT2D eigenvalue weighted by molar-refractivity contribution is 7.89. The van der Waals surface area contributed by atoms with Crippen LogP contribution in [-0.2, 0) is 16.6 Å². The third-order valence-corrected chi connectivity index (χ3v) is 5.55. The van der Waals surface area contributed by atoms with Crippen LogP contribution in [0.4, 0.5) is 0 Å². The zero-order valence-corrected chi connectivity index (χ0v) is 16.4. The van der Waals surface area contributed by atoms with E-state index >= 15 is 0 Å². The second-order valence-corrected chi connectivity index (χ2v) is 8.29. The molecule has 0 amide bonds. The molecule has 4 nitrogen and oxygen atoms in total. The van der Waals surface area contributed by atoms with E-state index in [2.05, 4.69) is 18.6 Å². The van der Waals surface area contributed by atoms with Crippen LogP contribution in [0.15, 0.2) is 41.3 Å². The van der Waals surface area contributed by atoms with Crippen molar-refractivity contribution in [3.05, 3.63) is 58.7 Å². The lowest BCUT2D eigenvalue weighted by molar-refractivity contribution is 0.330. The quantitative estimate of drug-likeness (QED) is 0.800. The molecule has 0 aromatic heterocycles. The molecule has 2 aromatic rings. The minimum absolute atomic E-state index is 0.204. The Bertz CT molecular complexity index is 825. The maximum Gasteiger partial charge on any atom is 0.244 e. The maximum atomic E-state index is 12.9. The van der Waals surface area contributed by atoms with Gasteiger partial charge >= 0.3 is 0 Å². The first-order chi connectivity index (χ1) is 11.7. The highest BCUT2D eigenvalue weighted by atomic mass is 32.2. The Labute approximate surface area is 151 Å². The molecule has 0 fully saturated rings. The van der Waals surface area contributed by atoms with Crippen LogP contribution in [0, 0.1) is 13.8 Å². The van der Waals surface area contributed by atoms with Gasteiger partial charge in [-0.3, -0.25) is 0 Å². The van der Waals surface area contributed by atoms with Crippen LogP contribution in [0.3, 0.4) is 0 Å². The normalized spacial score (nSPS) is 11.8. The van der Waals surface area contributed by atoms with Crippen LogP contribution >= 0.6 is 0 Å². The van der Waals surface area contributed by atoms with Crippen LogP contribution < -0.4 is 9.46 Å². The number of hydrogen-bond acceptors (Lipinski definition) is 3. The summed E-state index contributed by atoms with van der Waals surface area (Å²) in [5, 5.41) is 0. The van der Waals surface area contributed by atoms with E-state index in [4.69, 9.17) is 4.74 Å². The molecule has 25 heavy (non-hydrogen) atoms. The van der Waals surface area contributed by atoms with Crippen molar-refractivity contribution < 1.29 is 13.2 Å². The highest BCUT2D eigenvalue weighted by Crippen LogP contribution is 2.31. The minimum atomic E-state index is -3.67. The molecule has 0 heterocycles. The molecule has 0 aliphatic heterocycles. The van der Waals surface area contributed by atoms with E-state index < -0.39 is 10.0 Å². The van der Waals surface area contributed by atoms with Crippen LogP contribution in [0.5, 0.6) is 5.75 Å². The minimum Gasteiger partial charge on any atom is -0.492 e. The standard InChI is InChI=1S/C20H27NO3S/c1-6-24-19-11-16(5)18(14(2)3)12-20(19)25(22,23)21-13-17-9-7-15(4)8-10-17/h7-12,14,21H,6,13H2,1-5H3. The molecule has 0 aliphatic rings. The zero-order valence-electron chi connectivity index (χ0n) is 15.6. The van der Waals surface area contributed by atoms with Crippen molar-refractivity contribution in [3.8, 4) is 5.75 Å². The van der Waals surface area contributed by atoms with E-state index in [0.717, 1.165) is 22.3 Å². The summed E-state index contributed by atoms with van der Waals surface area (Å²) in [6.07, 6.45) is 0. The molecule has 5 heteroatoms. The van der Waals surface area contributed by atoms with Crippen LogP contribution in [0.1, 0.15) is 48.9 Å². The lowest BCUT2D eigenvalue weighted by Crippen LogP contribution is -2.24. The lowest BCUT2D eigenvalue weighted by Gasteiger charge is -2.17. The van der Waals surface area contributed by atoms with Crippen molar-refractivity contribution in [2.24, 2.45) is 0 Å². The van der Waals surface area contributed by atoms with Gasteiger partial charge in [0.05, 0.1) is 6.61 Å². The number of rotatable bonds is 7. The van der Waals surface area contributed by atoms with Crippen molar-refractivity contribution in [2.45, 2.75) is 52.0 Å². The van der Waals surface area contributed by atoms with Crippen molar-refractivity contribution in [2.75, 3.05) is 6.61 Å². The summed E-state index contributed by atoms with van der Waals surface area (Å²) in [7, 11) is -3.67. The fourth-order valence-electron chi connectivity index (χ4n) is 2.74. The molecule has 0 aliphatic carbocycles. The van der Waals surface area contributed by atoms with Gasteiger partial charge in [0.2, 0.25) is 10.0 Å². The number of ether oxygens (including phenoxy) is 1. The predicted molar refractivity (Wildman–Crippen MR) is 102 cm³/mol. The number of hydrogen-bond donors (Lipinski definition) is 1. The number of aryl methyl sites for hydroxylation is 2. The smallest absolute Gasteiger partial charge is 0.244 e. The summed E-state index contributed by atoms with van der Waals surface area (Å²) in [5.41, 5.74) is 4.11. The molecule has 1 N–H and O–H groups in total. The van der Waals surface area contributed by atoms with Crippen LogP contribution in [0.2, 0.25) is 0 Å². The van der Waals surface area contributed by atoms with Gasteiger partial charge in [0, 0.05) is 6.54 Å². The number of benzene rings is 2. The Morgan fingerprint density at radius 3 is 2.28 bits per heavy atom. The monoisotopic (exact) mass is 361 g/mol. The van der Waals surface area contributed by atoms with Crippen molar-refractivity contribution in [3.63, 3.8) is 0 Å². The van der Waals surface area contributed by atoms with E-state index in [1.807, 2.05) is 51.1 Å². The highest BCUT2D eigenvalue weighted by Gasteiger charge is 2.22. The van der Waals surface area contributed by atoms with E-state index in [0.29, 0.717) is 12.4 Å². The molecule has 0 saturated carbocycles. The van der Waals surface area contributed by atoms with Gasteiger partial charge in [0.1, 0.15) is 10.6 Å². The molecule has 2 aromatic carbocycles. The van der Waals surface area contributed by atoms with Gasteiger partial charge in [0.15, 0.2) is 0 Å². The van der Waals surface area contributed by atoms with Gasteiger partial charge in [-0.05, 0) is 55.5 Å². The summed E-state index contributed by atoms with van der Waals surface area (Å²) >= 11 is 0. The summed E-state index contributed by atoms with van der Waals surface area (Å²) in [4.78, 5) is 0.204. The van der Waals surface area contributed by atoms with Crippen molar-refractivity contribution >= 4 is 10.0 Å². The Hall–Kier alpha value is -1.85. The average molecular weight is 362 g/mol. The van der Waals surface area contributed by atoms with Crippen molar-refractivity contribution in [1.29, 1.82) is 0 Å². The first-order valence-electron chi connectivity index (χ1n) is 8.57. The number of sulfonamides is 1. The van der Waals surface area contributed by atoms with Gasteiger partial charge in [-0.2, -0.15) is 0 Å². The lowest BCUT2D eigenvalue weighted by atomic mass is 9.98. The average Bonchev–Trinajstić information content (AvgIpc) is 2.54.